The van der Waals surface area contributed by atoms with Gasteiger partial charge in [-0.3, -0.25) is 4.79 Å². The van der Waals surface area contributed by atoms with Crippen molar-refractivity contribution in [1.82, 2.24) is 15.0 Å². The highest BCUT2D eigenvalue weighted by molar-refractivity contribution is 7.99. The number of esters is 1. The van der Waals surface area contributed by atoms with Crippen LogP contribution in [0.1, 0.15) is 12.5 Å². The largest absolute Gasteiger partial charge is 0.506 e. The molecule has 0 aliphatic rings. The third-order valence-electron chi connectivity index (χ3n) is 4.21. The number of nitrogens with zero attached hydrogens (tertiary/aromatic N) is 3. The summed E-state index contributed by atoms with van der Waals surface area (Å²) in [5.41, 5.74) is 8.38. The summed E-state index contributed by atoms with van der Waals surface area (Å²) in [6, 6.07) is 12.7. The lowest BCUT2D eigenvalue weighted by molar-refractivity contribution is -0.147. The van der Waals surface area contributed by atoms with Crippen LogP contribution >= 0.6 is 11.8 Å². The number of aromatic nitrogens is 3. The van der Waals surface area contributed by atoms with Gasteiger partial charge in [-0.2, -0.15) is 11.8 Å². The van der Waals surface area contributed by atoms with Crippen LogP contribution in [-0.4, -0.2) is 50.7 Å². The smallest absolute Gasteiger partial charge is 0.309 e. The summed E-state index contributed by atoms with van der Waals surface area (Å²) in [7, 11) is 0. The van der Waals surface area contributed by atoms with Gasteiger partial charge in [-0.1, -0.05) is 25.1 Å². The molecule has 8 heteroatoms. The summed E-state index contributed by atoms with van der Waals surface area (Å²) < 4.78 is 5.38. The van der Waals surface area contributed by atoms with Crippen molar-refractivity contribution in [3.63, 3.8) is 0 Å². The molecule has 1 unspecified atom stereocenters. The average molecular weight is 401 g/mol. The Bertz CT molecular complexity index is 911. The number of hydrogen-bond acceptors (Lipinski definition) is 7. The Balaban J connectivity index is 1.61. The Hall–Kier alpha value is -2.58. The molecular weight excluding hydrogens is 376 g/mol. The molecule has 0 saturated carbocycles. The number of carbonyl (C=O) groups is 1. The second-order valence-corrected chi connectivity index (χ2v) is 7.63. The van der Waals surface area contributed by atoms with Gasteiger partial charge >= 0.3 is 5.97 Å². The molecule has 0 spiro atoms. The highest BCUT2D eigenvalue weighted by Gasteiger charge is 2.15. The monoisotopic (exact) mass is 400 g/mol. The van der Waals surface area contributed by atoms with Gasteiger partial charge in [-0.05, 0) is 29.8 Å². The van der Waals surface area contributed by atoms with Crippen molar-refractivity contribution in [2.75, 3.05) is 24.7 Å². The SMILES string of the molecule is CC(CSCCN)C(=O)OCCc1ccc(O)c(-n2nc3ccccc3n2)c1. The summed E-state index contributed by atoms with van der Waals surface area (Å²) in [6.07, 6.45) is 0.544. The predicted octanol–water partition coefficient (Wildman–Crippen LogP) is 2.54. The van der Waals surface area contributed by atoms with Gasteiger partial charge < -0.3 is 15.6 Å². The Labute approximate surface area is 167 Å². The molecule has 0 aliphatic carbocycles. The number of rotatable bonds is 9. The Morgan fingerprint density at radius 1 is 1.25 bits per heavy atom. The Morgan fingerprint density at radius 3 is 2.64 bits per heavy atom. The molecule has 3 aromatic rings. The molecule has 0 aliphatic heterocycles. The highest BCUT2D eigenvalue weighted by atomic mass is 32.2. The van der Waals surface area contributed by atoms with E-state index in [9.17, 15) is 9.90 Å². The van der Waals surface area contributed by atoms with Gasteiger partial charge in [0.25, 0.3) is 0 Å². The van der Waals surface area contributed by atoms with E-state index in [2.05, 4.69) is 10.2 Å². The molecule has 1 heterocycles. The van der Waals surface area contributed by atoms with Crippen LogP contribution in [0.3, 0.4) is 0 Å². The van der Waals surface area contributed by atoms with Crippen LogP contribution in [0.15, 0.2) is 42.5 Å². The molecule has 3 N–H and O–H groups in total. The molecule has 28 heavy (non-hydrogen) atoms. The Morgan fingerprint density at radius 2 is 1.96 bits per heavy atom. The number of carbonyl (C=O) groups excluding carboxylic acids is 1. The first-order chi connectivity index (χ1) is 13.6. The van der Waals surface area contributed by atoms with Gasteiger partial charge in [0.1, 0.15) is 22.5 Å². The van der Waals surface area contributed by atoms with Gasteiger partial charge in [0, 0.05) is 24.5 Å². The van der Waals surface area contributed by atoms with Crippen molar-refractivity contribution in [1.29, 1.82) is 0 Å². The van der Waals surface area contributed by atoms with E-state index >= 15 is 0 Å². The zero-order valence-electron chi connectivity index (χ0n) is 15.7. The fourth-order valence-electron chi connectivity index (χ4n) is 2.68. The van der Waals surface area contributed by atoms with Gasteiger partial charge in [-0.15, -0.1) is 15.0 Å². The lowest BCUT2D eigenvalue weighted by Crippen LogP contribution is -2.19. The van der Waals surface area contributed by atoms with Gasteiger partial charge in [0.05, 0.1) is 12.5 Å². The molecule has 0 radical (unpaired) electrons. The molecule has 0 saturated heterocycles. The summed E-state index contributed by atoms with van der Waals surface area (Å²) >= 11 is 1.65. The maximum absolute atomic E-state index is 12.0. The van der Waals surface area contributed by atoms with Crippen LogP contribution in [0, 0.1) is 5.92 Å². The third-order valence-corrected chi connectivity index (χ3v) is 5.47. The van der Waals surface area contributed by atoms with Crippen LogP contribution < -0.4 is 5.73 Å². The summed E-state index contributed by atoms with van der Waals surface area (Å²) in [5, 5.41) is 19.0. The average Bonchev–Trinajstić information content (AvgIpc) is 3.13. The normalized spacial score (nSPS) is 12.2. The van der Waals surface area contributed by atoms with E-state index < -0.39 is 0 Å². The second kappa shape index (κ2) is 9.57. The molecule has 148 valence electrons. The van der Waals surface area contributed by atoms with E-state index in [1.165, 1.54) is 4.80 Å². The number of phenolic OH excluding ortho intramolecular Hbond substituents is 1. The summed E-state index contributed by atoms with van der Waals surface area (Å²) in [5.74, 6) is 1.27. The van der Waals surface area contributed by atoms with Gasteiger partial charge in [-0.25, -0.2) is 0 Å². The van der Waals surface area contributed by atoms with E-state index in [0.29, 0.717) is 24.4 Å². The molecule has 2 aromatic carbocycles. The molecule has 3 rings (SSSR count). The molecule has 7 nitrogen and oxygen atoms in total. The van der Waals surface area contributed by atoms with Crippen molar-refractivity contribution in [2.45, 2.75) is 13.3 Å². The number of nitrogens with two attached hydrogens (primary N) is 1. The minimum Gasteiger partial charge on any atom is -0.506 e. The minimum absolute atomic E-state index is 0.0894. The molecule has 1 atom stereocenters. The highest BCUT2D eigenvalue weighted by Crippen LogP contribution is 2.23. The van der Waals surface area contributed by atoms with E-state index in [1.807, 2.05) is 37.3 Å². The molecule has 0 fully saturated rings. The zero-order valence-corrected chi connectivity index (χ0v) is 16.6. The topological polar surface area (TPSA) is 103 Å². The minimum atomic E-state index is -0.205. The van der Waals surface area contributed by atoms with E-state index in [4.69, 9.17) is 10.5 Å². The fraction of sp³-hybridized carbons (Fsp3) is 0.350. The quantitative estimate of drug-likeness (QED) is 0.420. The predicted molar refractivity (Wildman–Crippen MR) is 111 cm³/mol. The summed E-state index contributed by atoms with van der Waals surface area (Å²) in [6.45, 7) is 2.75. The number of thioether (sulfide) groups is 1. The number of benzene rings is 2. The Kier molecular flexibility index (Phi) is 6.89. The standard InChI is InChI=1S/C20H24N4O3S/c1-14(13-28-11-9-21)20(26)27-10-8-15-6-7-19(25)18(12-15)24-22-16-4-2-3-5-17(16)23-24/h2-7,12,14,25H,8-11,13,21H2,1H3. The van der Waals surface area contributed by atoms with Crippen LogP contribution in [0.25, 0.3) is 16.7 Å². The van der Waals surface area contributed by atoms with Gasteiger partial charge in [0.15, 0.2) is 0 Å². The van der Waals surface area contributed by atoms with E-state index in [-0.39, 0.29) is 24.2 Å². The first-order valence-electron chi connectivity index (χ1n) is 9.17. The zero-order chi connectivity index (χ0) is 19.9. The lowest BCUT2D eigenvalue weighted by atomic mass is 10.1. The molecule has 0 amide bonds. The van der Waals surface area contributed by atoms with Crippen molar-refractivity contribution >= 4 is 28.8 Å². The third kappa shape index (κ3) is 5.02. The number of ether oxygens (including phenoxy) is 1. The van der Waals surface area contributed by atoms with Crippen LogP contribution in [-0.2, 0) is 16.0 Å². The maximum atomic E-state index is 12.0. The van der Waals surface area contributed by atoms with Crippen molar-refractivity contribution in [3.05, 3.63) is 48.0 Å². The van der Waals surface area contributed by atoms with E-state index in [1.54, 1.807) is 23.9 Å². The van der Waals surface area contributed by atoms with E-state index in [0.717, 1.165) is 22.3 Å². The molecule has 1 aromatic heterocycles. The first-order valence-corrected chi connectivity index (χ1v) is 10.3. The van der Waals surface area contributed by atoms with Crippen molar-refractivity contribution in [2.24, 2.45) is 11.7 Å². The van der Waals surface area contributed by atoms with Crippen molar-refractivity contribution in [3.8, 4) is 11.4 Å². The number of hydrogen-bond donors (Lipinski definition) is 2. The lowest BCUT2D eigenvalue weighted by Gasteiger charge is -2.11. The van der Waals surface area contributed by atoms with Crippen LogP contribution in [0.5, 0.6) is 5.75 Å². The number of phenols is 1. The summed E-state index contributed by atoms with van der Waals surface area (Å²) in [4.78, 5) is 13.5. The maximum Gasteiger partial charge on any atom is 0.309 e. The van der Waals surface area contributed by atoms with Crippen LogP contribution in [0.4, 0.5) is 0 Å². The van der Waals surface area contributed by atoms with Crippen molar-refractivity contribution < 1.29 is 14.6 Å². The van der Waals surface area contributed by atoms with Gasteiger partial charge in [0.2, 0.25) is 0 Å². The first kappa shape index (κ1) is 20.2. The number of aromatic hydroxyl groups is 1. The second-order valence-electron chi connectivity index (χ2n) is 6.48. The van der Waals surface area contributed by atoms with Crippen LogP contribution in [0.2, 0.25) is 0 Å². The fourth-order valence-corrected chi connectivity index (χ4v) is 3.50. The number of fused-ring (bicyclic) bond motifs is 1. The molecular formula is C20H24N4O3S. The molecule has 0 bridgehead atoms.